The monoisotopic (exact) mass is 306 g/mol. The van der Waals surface area contributed by atoms with Crippen LogP contribution in [0.2, 0.25) is 0 Å². The van der Waals surface area contributed by atoms with E-state index in [1.54, 1.807) is 0 Å². The maximum atomic E-state index is 12.1. The molecule has 2 N–H and O–H groups in total. The van der Waals surface area contributed by atoms with Gasteiger partial charge in [0.25, 0.3) is 0 Å². The lowest BCUT2D eigenvalue weighted by atomic mass is 10.1. The van der Waals surface area contributed by atoms with Crippen LogP contribution >= 0.6 is 0 Å². The molecule has 0 aliphatic carbocycles. The lowest BCUT2D eigenvalue weighted by Crippen LogP contribution is -2.27. The zero-order valence-corrected chi connectivity index (χ0v) is 13.5. The molecule has 0 radical (unpaired) electrons. The highest BCUT2D eigenvalue weighted by atomic mass is 32.2. The van der Waals surface area contributed by atoms with Crippen molar-refractivity contribution in [1.29, 1.82) is 0 Å². The van der Waals surface area contributed by atoms with Crippen molar-refractivity contribution < 1.29 is 8.42 Å². The fourth-order valence-corrected chi connectivity index (χ4v) is 3.66. The third-order valence-electron chi connectivity index (χ3n) is 3.58. The van der Waals surface area contributed by atoms with Crippen molar-refractivity contribution in [3.8, 4) is 0 Å². The van der Waals surface area contributed by atoms with Gasteiger partial charge in [0.2, 0.25) is 10.0 Å². The van der Waals surface area contributed by atoms with Crippen LogP contribution in [-0.2, 0) is 22.2 Å². The Labute approximate surface area is 126 Å². The van der Waals surface area contributed by atoms with Gasteiger partial charge in [-0.3, -0.25) is 0 Å². The van der Waals surface area contributed by atoms with Crippen molar-refractivity contribution in [2.24, 2.45) is 0 Å². The van der Waals surface area contributed by atoms with E-state index in [2.05, 4.69) is 15.8 Å². The van der Waals surface area contributed by atoms with Gasteiger partial charge in [0.15, 0.2) is 0 Å². The largest absolute Gasteiger partial charge is 0.362 e. The summed E-state index contributed by atoms with van der Waals surface area (Å²) in [6.45, 7) is 6.35. The van der Waals surface area contributed by atoms with E-state index in [0.717, 1.165) is 28.1 Å². The molecular formula is C16H22N2O2S. The van der Waals surface area contributed by atoms with Crippen LogP contribution in [-0.4, -0.2) is 19.9 Å². The van der Waals surface area contributed by atoms with Gasteiger partial charge >= 0.3 is 0 Å². The molecule has 0 amide bonds. The normalized spacial score (nSPS) is 11.8. The number of hydrogen-bond acceptors (Lipinski definition) is 2. The molecule has 0 spiro atoms. The summed E-state index contributed by atoms with van der Waals surface area (Å²) < 4.78 is 26.9. The van der Waals surface area contributed by atoms with E-state index in [0.29, 0.717) is 13.0 Å². The summed E-state index contributed by atoms with van der Waals surface area (Å²) in [5.74, 6) is 0.0326. The molecule has 0 saturated heterocycles. The van der Waals surface area contributed by atoms with Crippen LogP contribution in [0.4, 0.5) is 0 Å². The molecule has 114 valence electrons. The van der Waals surface area contributed by atoms with Crippen molar-refractivity contribution >= 4 is 10.0 Å². The highest BCUT2D eigenvalue weighted by Crippen LogP contribution is 2.12. The third-order valence-corrected chi connectivity index (χ3v) is 4.92. The second-order valence-electron chi connectivity index (χ2n) is 5.43. The van der Waals surface area contributed by atoms with Gasteiger partial charge in [-0.25, -0.2) is 13.1 Å². The van der Waals surface area contributed by atoms with Crippen molar-refractivity contribution in [2.75, 3.05) is 6.54 Å². The molecule has 2 rings (SSSR count). The molecule has 0 unspecified atom stereocenters. The van der Waals surface area contributed by atoms with Gasteiger partial charge in [-0.15, -0.1) is 0 Å². The zero-order valence-electron chi connectivity index (χ0n) is 12.7. The first-order chi connectivity index (χ1) is 9.87. The quantitative estimate of drug-likeness (QED) is 0.861. The first kappa shape index (κ1) is 15.8. The highest BCUT2D eigenvalue weighted by molar-refractivity contribution is 7.88. The Morgan fingerprint density at radius 2 is 1.81 bits per heavy atom. The van der Waals surface area contributed by atoms with E-state index in [4.69, 9.17) is 0 Å². The average molecular weight is 306 g/mol. The van der Waals surface area contributed by atoms with Gasteiger partial charge in [-0.2, -0.15) is 0 Å². The summed E-state index contributed by atoms with van der Waals surface area (Å²) in [7, 11) is -3.29. The Kier molecular flexibility index (Phi) is 4.85. The molecule has 1 aromatic heterocycles. The molecule has 0 bridgehead atoms. The van der Waals surface area contributed by atoms with Crippen molar-refractivity contribution in [3.05, 3.63) is 58.4 Å². The summed E-state index contributed by atoms with van der Waals surface area (Å²) in [6.07, 6.45) is 0.698. The van der Waals surface area contributed by atoms with Crippen molar-refractivity contribution in [1.82, 2.24) is 9.71 Å². The predicted molar refractivity (Wildman–Crippen MR) is 85.8 cm³/mol. The molecule has 0 fully saturated rings. The Bertz CT molecular complexity index is 718. The van der Waals surface area contributed by atoms with Gasteiger partial charge in [0.1, 0.15) is 0 Å². The van der Waals surface area contributed by atoms with Crippen molar-refractivity contribution in [3.63, 3.8) is 0 Å². The Morgan fingerprint density at radius 3 is 2.43 bits per heavy atom. The summed E-state index contributed by atoms with van der Waals surface area (Å²) in [5.41, 5.74) is 5.21. The van der Waals surface area contributed by atoms with Gasteiger partial charge in [0.05, 0.1) is 5.75 Å². The maximum Gasteiger partial charge on any atom is 0.215 e. The van der Waals surface area contributed by atoms with E-state index in [-0.39, 0.29) is 5.75 Å². The van der Waals surface area contributed by atoms with Crippen LogP contribution in [0.3, 0.4) is 0 Å². The Hall–Kier alpha value is -1.59. The van der Waals surface area contributed by atoms with E-state index >= 15 is 0 Å². The van der Waals surface area contributed by atoms with E-state index < -0.39 is 10.0 Å². The Balaban J connectivity index is 1.93. The number of aromatic amines is 1. The minimum Gasteiger partial charge on any atom is -0.362 e. The lowest BCUT2D eigenvalue weighted by molar-refractivity contribution is 0.580. The number of aryl methyl sites for hydroxylation is 3. The molecule has 0 saturated carbocycles. The van der Waals surface area contributed by atoms with E-state index in [1.807, 2.05) is 45.0 Å². The first-order valence-corrected chi connectivity index (χ1v) is 8.69. The third kappa shape index (κ3) is 4.44. The second-order valence-corrected chi connectivity index (χ2v) is 7.24. The number of sulfonamides is 1. The van der Waals surface area contributed by atoms with Gasteiger partial charge in [-0.1, -0.05) is 24.3 Å². The Morgan fingerprint density at radius 1 is 1.10 bits per heavy atom. The van der Waals surface area contributed by atoms with Crippen LogP contribution in [0, 0.1) is 20.8 Å². The highest BCUT2D eigenvalue weighted by Gasteiger charge is 2.12. The molecule has 0 atom stereocenters. The summed E-state index contributed by atoms with van der Waals surface area (Å²) in [4.78, 5) is 3.23. The number of aromatic nitrogens is 1. The number of hydrogen-bond donors (Lipinski definition) is 2. The minimum atomic E-state index is -3.29. The topological polar surface area (TPSA) is 62.0 Å². The molecule has 1 aromatic carbocycles. The van der Waals surface area contributed by atoms with Crippen LogP contribution in [0.25, 0.3) is 0 Å². The summed E-state index contributed by atoms with van der Waals surface area (Å²) in [6, 6.07) is 9.62. The van der Waals surface area contributed by atoms with Crippen molar-refractivity contribution in [2.45, 2.75) is 32.9 Å². The zero-order chi connectivity index (χ0) is 15.5. The molecule has 0 aliphatic heterocycles. The van der Waals surface area contributed by atoms with E-state index in [1.165, 1.54) is 0 Å². The number of H-pyrrole nitrogens is 1. The average Bonchev–Trinajstić information content (AvgIpc) is 2.70. The fourth-order valence-electron chi connectivity index (χ4n) is 2.41. The molecule has 0 aliphatic rings. The number of benzene rings is 1. The number of rotatable bonds is 6. The second kappa shape index (κ2) is 6.45. The number of nitrogens with one attached hydrogen (secondary N) is 2. The molecule has 4 nitrogen and oxygen atoms in total. The molecule has 1 heterocycles. The molecule has 21 heavy (non-hydrogen) atoms. The summed E-state index contributed by atoms with van der Waals surface area (Å²) in [5, 5.41) is 0. The van der Waals surface area contributed by atoms with Gasteiger partial charge in [-0.05, 0) is 49.9 Å². The fraction of sp³-hybridized carbons (Fsp3) is 0.375. The summed E-state index contributed by atoms with van der Waals surface area (Å²) >= 11 is 0. The van der Waals surface area contributed by atoms with Gasteiger partial charge in [0, 0.05) is 17.9 Å². The molecule has 5 heteroatoms. The first-order valence-electron chi connectivity index (χ1n) is 7.04. The molecular weight excluding hydrogens is 284 g/mol. The van der Waals surface area contributed by atoms with Crippen LogP contribution in [0.15, 0.2) is 30.3 Å². The van der Waals surface area contributed by atoms with Crippen LogP contribution in [0.5, 0.6) is 0 Å². The van der Waals surface area contributed by atoms with E-state index in [9.17, 15) is 8.42 Å². The van der Waals surface area contributed by atoms with Crippen LogP contribution in [0.1, 0.15) is 28.1 Å². The SMILES string of the molecule is Cc1cc(CCNS(=O)(=O)Cc2ccccc2C)c(C)[nH]1. The standard InChI is InChI=1S/C16H22N2O2S/c1-12-6-4-5-7-16(12)11-21(19,20)17-9-8-15-10-13(2)18-14(15)3/h4-7,10,17-18H,8-9,11H2,1-3H3. The van der Waals surface area contributed by atoms with Crippen LogP contribution < -0.4 is 4.72 Å². The maximum absolute atomic E-state index is 12.1. The predicted octanol–water partition coefficient (Wildman–Crippen LogP) is 2.60. The van der Waals surface area contributed by atoms with Gasteiger partial charge < -0.3 is 4.98 Å². The smallest absolute Gasteiger partial charge is 0.215 e. The molecule has 2 aromatic rings. The lowest BCUT2D eigenvalue weighted by Gasteiger charge is -2.08. The minimum absolute atomic E-state index is 0.0326.